The molecule has 3 heterocycles. The van der Waals surface area contributed by atoms with Gasteiger partial charge in [-0.25, -0.2) is 0 Å². The van der Waals surface area contributed by atoms with Gasteiger partial charge in [-0.05, 0) is 37.8 Å². The molecule has 130 valence electrons. The lowest BCUT2D eigenvalue weighted by Gasteiger charge is -2.52. The van der Waals surface area contributed by atoms with Gasteiger partial charge in [-0.1, -0.05) is 0 Å². The average Bonchev–Trinajstić information content (AvgIpc) is 2.62. The Balaban J connectivity index is 1.79. The van der Waals surface area contributed by atoms with Crippen LogP contribution in [0.5, 0.6) is 0 Å². The minimum Gasteiger partial charge on any atom is -0.383 e. The number of methoxy groups -OCH3 is 1. The van der Waals surface area contributed by atoms with Crippen LogP contribution in [-0.4, -0.2) is 65.5 Å². The lowest BCUT2D eigenvalue weighted by atomic mass is 9.79. The van der Waals surface area contributed by atoms with Crippen molar-refractivity contribution in [2.24, 2.45) is 0 Å². The zero-order valence-corrected chi connectivity index (χ0v) is 14.2. The van der Waals surface area contributed by atoms with Crippen molar-refractivity contribution in [1.29, 1.82) is 0 Å². The van der Waals surface area contributed by atoms with Crippen LogP contribution in [0.1, 0.15) is 42.5 Å². The largest absolute Gasteiger partial charge is 0.383 e. The molecule has 0 aliphatic carbocycles. The summed E-state index contributed by atoms with van der Waals surface area (Å²) in [7, 11) is 1.65. The quantitative estimate of drug-likeness (QED) is 0.843. The van der Waals surface area contributed by atoms with Gasteiger partial charge in [-0.3, -0.25) is 14.6 Å². The summed E-state index contributed by atoms with van der Waals surface area (Å²) in [6, 6.07) is 3.58. The van der Waals surface area contributed by atoms with Crippen LogP contribution in [0, 0.1) is 0 Å². The fourth-order valence-corrected chi connectivity index (χ4v) is 4.03. The minimum atomic E-state index is -0.232. The summed E-state index contributed by atoms with van der Waals surface area (Å²) in [5.41, 5.74) is 0.379. The van der Waals surface area contributed by atoms with E-state index in [9.17, 15) is 9.59 Å². The van der Waals surface area contributed by atoms with Crippen molar-refractivity contribution >= 4 is 11.8 Å². The molecule has 0 unspecified atom stereocenters. The van der Waals surface area contributed by atoms with Crippen molar-refractivity contribution in [2.45, 2.75) is 37.6 Å². The number of hydrogen-bond acceptors (Lipinski definition) is 4. The van der Waals surface area contributed by atoms with Crippen molar-refractivity contribution in [3.63, 3.8) is 0 Å². The second-order valence-electron chi connectivity index (χ2n) is 6.69. The Hall–Kier alpha value is -1.95. The molecule has 6 nitrogen and oxygen atoms in total. The lowest BCUT2D eigenvalue weighted by Crippen LogP contribution is -2.63. The maximum absolute atomic E-state index is 12.8. The Kier molecular flexibility index (Phi) is 5.14. The lowest BCUT2D eigenvalue weighted by molar-refractivity contribution is -0.146. The van der Waals surface area contributed by atoms with Crippen molar-refractivity contribution in [3.8, 4) is 0 Å². The number of ether oxygens (including phenoxy) is 1. The van der Waals surface area contributed by atoms with Gasteiger partial charge in [0.1, 0.15) is 0 Å². The van der Waals surface area contributed by atoms with E-state index in [1.165, 1.54) is 0 Å². The van der Waals surface area contributed by atoms with Gasteiger partial charge in [-0.2, -0.15) is 0 Å². The van der Waals surface area contributed by atoms with Crippen LogP contribution >= 0.6 is 0 Å². The van der Waals surface area contributed by atoms with Crippen molar-refractivity contribution in [3.05, 3.63) is 30.1 Å². The van der Waals surface area contributed by atoms with Gasteiger partial charge in [0.15, 0.2) is 0 Å². The molecule has 6 heteroatoms. The van der Waals surface area contributed by atoms with Gasteiger partial charge in [-0.15, -0.1) is 0 Å². The highest BCUT2D eigenvalue weighted by Crippen LogP contribution is 2.37. The van der Waals surface area contributed by atoms with Crippen LogP contribution in [0.2, 0.25) is 0 Å². The number of pyridine rings is 1. The number of amides is 2. The van der Waals surface area contributed by atoms with Crippen molar-refractivity contribution < 1.29 is 14.3 Å². The molecule has 1 aromatic heterocycles. The fraction of sp³-hybridized carbons (Fsp3) is 0.611. The molecule has 2 amide bonds. The van der Waals surface area contributed by atoms with E-state index in [-0.39, 0.29) is 17.4 Å². The molecule has 3 rings (SSSR count). The zero-order chi connectivity index (χ0) is 17.0. The van der Waals surface area contributed by atoms with E-state index in [4.69, 9.17) is 4.74 Å². The van der Waals surface area contributed by atoms with Gasteiger partial charge < -0.3 is 14.5 Å². The average molecular weight is 331 g/mol. The highest BCUT2D eigenvalue weighted by atomic mass is 16.5. The molecule has 2 aliphatic rings. The van der Waals surface area contributed by atoms with E-state index in [1.807, 2.05) is 9.80 Å². The Morgan fingerprint density at radius 1 is 1.38 bits per heavy atom. The van der Waals surface area contributed by atoms with Crippen LogP contribution in [0.3, 0.4) is 0 Å². The minimum absolute atomic E-state index is 0.00638. The van der Waals surface area contributed by atoms with Crippen molar-refractivity contribution in [1.82, 2.24) is 14.8 Å². The van der Waals surface area contributed by atoms with Crippen LogP contribution < -0.4 is 0 Å². The number of nitrogens with zero attached hydrogens (tertiary/aromatic N) is 3. The van der Waals surface area contributed by atoms with Gasteiger partial charge in [0.05, 0.1) is 17.7 Å². The first-order valence-electron chi connectivity index (χ1n) is 8.65. The number of carbonyl (C=O) groups excluding carboxylic acids is 2. The third kappa shape index (κ3) is 3.29. The van der Waals surface area contributed by atoms with Crippen LogP contribution in [0.15, 0.2) is 24.5 Å². The summed E-state index contributed by atoms with van der Waals surface area (Å²) in [5.74, 6) is 0.195. The SMILES string of the molecule is COCCN1C(=O)CCC[C@@]12CCCN(C(=O)c1cccnc1)C2. The second-order valence-corrected chi connectivity index (χ2v) is 6.69. The van der Waals surface area contributed by atoms with Gasteiger partial charge in [0, 0.05) is 45.6 Å². The highest BCUT2D eigenvalue weighted by molar-refractivity contribution is 5.94. The highest BCUT2D eigenvalue weighted by Gasteiger charge is 2.45. The Labute approximate surface area is 142 Å². The maximum atomic E-state index is 12.8. The third-order valence-electron chi connectivity index (χ3n) is 5.18. The summed E-state index contributed by atoms with van der Waals surface area (Å²) in [6.07, 6.45) is 7.61. The number of carbonyl (C=O) groups is 2. The zero-order valence-electron chi connectivity index (χ0n) is 14.2. The second kappa shape index (κ2) is 7.30. The molecule has 0 N–H and O–H groups in total. The molecule has 2 saturated heterocycles. The van der Waals surface area contributed by atoms with Crippen molar-refractivity contribution in [2.75, 3.05) is 33.4 Å². The third-order valence-corrected chi connectivity index (χ3v) is 5.18. The first-order valence-corrected chi connectivity index (χ1v) is 8.65. The normalized spacial score (nSPS) is 24.5. The molecule has 0 saturated carbocycles. The Morgan fingerprint density at radius 2 is 2.21 bits per heavy atom. The molecule has 1 atom stereocenters. The molecule has 2 aliphatic heterocycles. The maximum Gasteiger partial charge on any atom is 0.255 e. The predicted molar refractivity (Wildman–Crippen MR) is 89.5 cm³/mol. The number of rotatable bonds is 4. The number of likely N-dealkylation sites (tertiary alicyclic amines) is 2. The Bertz CT molecular complexity index is 588. The van der Waals surface area contributed by atoms with E-state index >= 15 is 0 Å². The molecule has 1 spiro atoms. The molecular weight excluding hydrogens is 306 g/mol. The monoisotopic (exact) mass is 331 g/mol. The standard InChI is InChI=1S/C18H25N3O3/c1-24-12-11-21-16(22)6-2-7-18(21)8-4-10-20(14-18)17(23)15-5-3-9-19-13-15/h3,5,9,13H,2,4,6-8,10-12,14H2,1H3/t18-/m0/s1. The molecule has 0 bridgehead atoms. The molecule has 2 fully saturated rings. The first kappa shape index (κ1) is 16.9. The summed E-state index contributed by atoms with van der Waals surface area (Å²) >= 11 is 0. The fourth-order valence-electron chi connectivity index (χ4n) is 4.03. The predicted octanol–water partition coefficient (Wildman–Crippen LogP) is 1.72. The molecule has 1 aromatic rings. The summed E-state index contributed by atoms with van der Waals surface area (Å²) in [5, 5.41) is 0. The number of piperidine rings is 2. The van der Waals surface area contributed by atoms with Gasteiger partial charge in [0.25, 0.3) is 5.91 Å². The summed E-state index contributed by atoms with van der Waals surface area (Å²) in [4.78, 5) is 33.2. The van der Waals surface area contributed by atoms with E-state index in [0.717, 1.165) is 32.2 Å². The van der Waals surface area contributed by atoms with E-state index < -0.39 is 0 Å². The number of hydrogen-bond donors (Lipinski definition) is 0. The summed E-state index contributed by atoms with van der Waals surface area (Å²) in [6.45, 7) is 2.48. The van der Waals surface area contributed by atoms with Gasteiger partial charge in [0.2, 0.25) is 5.91 Å². The topological polar surface area (TPSA) is 62.7 Å². The first-order chi connectivity index (χ1) is 11.7. The number of aromatic nitrogens is 1. The van der Waals surface area contributed by atoms with Crippen LogP contribution in [-0.2, 0) is 9.53 Å². The van der Waals surface area contributed by atoms with E-state index in [0.29, 0.717) is 31.7 Å². The molecule has 0 aromatic carbocycles. The van der Waals surface area contributed by atoms with Crippen LogP contribution in [0.4, 0.5) is 0 Å². The molecule has 24 heavy (non-hydrogen) atoms. The van der Waals surface area contributed by atoms with E-state index in [2.05, 4.69) is 4.98 Å². The molecular formula is C18H25N3O3. The smallest absolute Gasteiger partial charge is 0.255 e. The summed E-state index contributed by atoms with van der Waals surface area (Å²) < 4.78 is 5.19. The van der Waals surface area contributed by atoms with Gasteiger partial charge >= 0.3 is 0 Å². The van der Waals surface area contributed by atoms with Crippen LogP contribution in [0.25, 0.3) is 0 Å². The van der Waals surface area contributed by atoms with E-state index in [1.54, 1.807) is 31.6 Å². The molecule has 0 radical (unpaired) electrons. The Morgan fingerprint density at radius 3 is 2.96 bits per heavy atom.